The van der Waals surface area contributed by atoms with Crippen molar-refractivity contribution in [2.45, 2.75) is 6.92 Å². The lowest BCUT2D eigenvalue weighted by atomic mass is 10.0. The molecular formula is C18H13ClN2O3. The number of nitro benzene ring substituents is 1. The lowest BCUT2D eigenvalue weighted by Crippen LogP contribution is -2.13. The van der Waals surface area contributed by atoms with E-state index in [-0.39, 0.29) is 11.6 Å². The Balaban J connectivity index is 2.01. The smallest absolute Gasteiger partial charge is 0.271 e. The molecule has 0 aromatic heterocycles. The zero-order chi connectivity index (χ0) is 17.3. The molecule has 0 heterocycles. The average Bonchev–Trinajstić information content (AvgIpc) is 2.56. The molecule has 3 aromatic carbocycles. The van der Waals surface area contributed by atoms with E-state index in [9.17, 15) is 14.9 Å². The number of nitro groups is 1. The van der Waals surface area contributed by atoms with Gasteiger partial charge in [-0.25, -0.2) is 0 Å². The normalized spacial score (nSPS) is 10.6. The number of non-ortho nitro benzene ring substituents is 1. The number of hydrogen-bond donors (Lipinski definition) is 1. The van der Waals surface area contributed by atoms with Crippen LogP contribution in [0.25, 0.3) is 10.8 Å². The first-order chi connectivity index (χ1) is 11.5. The van der Waals surface area contributed by atoms with Crippen LogP contribution in [0.5, 0.6) is 0 Å². The van der Waals surface area contributed by atoms with Crippen molar-refractivity contribution in [3.8, 4) is 0 Å². The average molecular weight is 341 g/mol. The van der Waals surface area contributed by atoms with Crippen molar-refractivity contribution in [1.82, 2.24) is 0 Å². The van der Waals surface area contributed by atoms with Crippen molar-refractivity contribution in [2.75, 3.05) is 5.32 Å². The summed E-state index contributed by atoms with van der Waals surface area (Å²) in [4.78, 5) is 23.1. The molecule has 0 bridgehead atoms. The number of nitrogens with one attached hydrogen (secondary N) is 1. The van der Waals surface area contributed by atoms with Gasteiger partial charge in [-0.1, -0.05) is 41.9 Å². The van der Waals surface area contributed by atoms with E-state index in [1.54, 1.807) is 37.3 Å². The third kappa shape index (κ3) is 2.94. The SMILES string of the molecule is Cc1ccc([N+](=O)[O-])cc1NC(=O)c1cccc2c(Cl)cccc12. The van der Waals surface area contributed by atoms with Crippen LogP contribution < -0.4 is 5.32 Å². The second-order valence-electron chi connectivity index (χ2n) is 5.35. The number of amides is 1. The largest absolute Gasteiger partial charge is 0.321 e. The van der Waals surface area contributed by atoms with Gasteiger partial charge in [0.25, 0.3) is 11.6 Å². The van der Waals surface area contributed by atoms with Crippen LogP contribution in [0.1, 0.15) is 15.9 Å². The third-order valence-electron chi connectivity index (χ3n) is 3.79. The number of rotatable bonds is 3. The van der Waals surface area contributed by atoms with Crippen molar-refractivity contribution >= 4 is 39.7 Å². The minimum atomic E-state index is -0.493. The molecule has 0 saturated heterocycles. The highest BCUT2D eigenvalue weighted by molar-refractivity contribution is 6.36. The molecule has 0 radical (unpaired) electrons. The number of carbonyl (C=O) groups excluding carboxylic acids is 1. The van der Waals surface area contributed by atoms with Gasteiger partial charge in [0.1, 0.15) is 0 Å². The van der Waals surface area contributed by atoms with Gasteiger partial charge in [0.05, 0.1) is 10.6 Å². The zero-order valence-corrected chi connectivity index (χ0v) is 13.5. The Morgan fingerprint density at radius 1 is 1.08 bits per heavy atom. The first-order valence-corrected chi connectivity index (χ1v) is 7.59. The first-order valence-electron chi connectivity index (χ1n) is 7.21. The maximum absolute atomic E-state index is 12.6. The Kier molecular flexibility index (Phi) is 4.18. The zero-order valence-electron chi connectivity index (χ0n) is 12.7. The van der Waals surface area contributed by atoms with Crippen LogP contribution in [0.3, 0.4) is 0 Å². The van der Waals surface area contributed by atoms with Gasteiger partial charge < -0.3 is 5.32 Å². The summed E-state index contributed by atoms with van der Waals surface area (Å²) in [5.74, 6) is -0.341. The molecule has 0 aliphatic heterocycles. The van der Waals surface area contributed by atoms with E-state index in [4.69, 9.17) is 11.6 Å². The molecule has 3 aromatic rings. The van der Waals surface area contributed by atoms with E-state index < -0.39 is 4.92 Å². The van der Waals surface area contributed by atoms with Gasteiger partial charge in [0, 0.05) is 28.1 Å². The first kappa shape index (κ1) is 16.0. The Morgan fingerprint density at radius 2 is 1.79 bits per heavy atom. The lowest BCUT2D eigenvalue weighted by Gasteiger charge is -2.10. The monoisotopic (exact) mass is 340 g/mol. The standard InChI is InChI=1S/C18H13ClN2O3/c1-11-8-9-12(21(23)24)10-17(11)20-18(22)15-6-2-5-14-13(15)4-3-7-16(14)19/h2-10H,1H3,(H,20,22). The molecule has 1 N–H and O–H groups in total. The molecule has 5 nitrogen and oxygen atoms in total. The van der Waals surface area contributed by atoms with Crippen LogP contribution in [-0.4, -0.2) is 10.8 Å². The summed E-state index contributed by atoms with van der Waals surface area (Å²) in [5, 5.41) is 15.7. The maximum Gasteiger partial charge on any atom is 0.271 e. The highest BCUT2D eigenvalue weighted by Crippen LogP contribution is 2.27. The number of benzene rings is 3. The summed E-state index contributed by atoms with van der Waals surface area (Å²) in [5.41, 5.74) is 1.54. The van der Waals surface area contributed by atoms with Crippen LogP contribution in [0, 0.1) is 17.0 Å². The van der Waals surface area contributed by atoms with Gasteiger partial charge in [0.2, 0.25) is 0 Å². The van der Waals surface area contributed by atoms with Crippen LogP contribution >= 0.6 is 11.6 Å². The van der Waals surface area contributed by atoms with E-state index in [1.165, 1.54) is 12.1 Å². The van der Waals surface area contributed by atoms with Crippen LogP contribution in [0.4, 0.5) is 11.4 Å². The van der Waals surface area contributed by atoms with Crippen molar-refractivity contribution < 1.29 is 9.72 Å². The van der Waals surface area contributed by atoms with Crippen molar-refractivity contribution in [2.24, 2.45) is 0 Å². The Hall–Kier alpha value is -2.92. The Bertz CT molecular complexity index is 970. The Morgan fingerprint density at radius 3 is 2.54 bits per heavy atom. The molecule has 120 valence electrons. The molecule has 0 aliphatic rings. The fraction of sp³-hybridized carbons (Fsp3) is 0.0556. The van der Waals surface area contributed by atoms with Gasteiger partial charge in [-0.2, -0.15) is 0 Å². The molecule has 0 aliphatic carbocycles. The van der Waals surface area contributed by atoms with Crippen molar-refractivity contribution in [3.05, 3.63) is 80.9 Å². The second kappa shape index (κ2) is 6.29. The van der Waals surface area contributed by atoms with E-state index in [2.05, 4.69) is 5.32 Å². The predicted octanol–water partition coefficient (Wildman–Crippen LogP) is 4.96. The summed E-state index contributed by atoms with van der Waals surface area (Å²) in [6.07, 6.45) is 0. The fourth-order valence-corrected chi connectivity index (χ4v) is 2.76. The summed E-state index contributed by atoms with van der Waals surface area (Å²) < 4.78 is 0. The molecule has 0 fully saturated rings. The quantitative estimate of drug-likeness (QED) is 0.541. The van der Waals surface area contributed by atoms with Gasteiger partial charge >= 0.3 is 0 Å². The minimum absolute atomic E-state index is 0.0723. The van der Waals surface area contributed by atoms with E-state index in [0.29, 0.717) is 16.3 Å². The number of halogens is 1. The molecule has 0 spiro atoms. The van der Waals surface area contributed by atoms with E-state index in [1.807, 2.05) is 12.1 Å². The highest BCUT2D eigenvalue weighted by Gasteiger charge is 2.14. The van der Waals surface area contributed by atoms with Crippen molar-refractivity contribution in [3.63, 3.8) is 0 Å². The van der Waals surface area contributed by atoms with E-state index >= 15 is 0 Å². The van der Waals surface area contributed by atoms with Gasteiger partial charge in [0.15, 0.2) is 0 Å². The lowest BCUT2D eigenvalue weighted by molar-refractivity contribution is -0.384. The molecule has 0 saturated carbocycles. The number of hydrogen-bond acceptors (Lipinski definition) is 3. The summed E-state index contributed by atoms with van der Waals surface area (Å²) in [6, 6.07) is 15.0. The van der Waals surface area contributed by atoms with Gasteiger partial charge in [-0.3, -0.25) is 14.9 Å². The minimum Gasteiger partial charge on any atom is -0.321 e. The van der Waals surface area contributed by atoms with Gasteiger partial charge in [-0.05, 0) is 30.0 Å². The predicted molar refractivity (Wildman–Crippen MR) is 94.7 cm³/mol. The fourth-order valence-electron chi connectivity index (χ4n) is 2.52. The molecule has 0 unspecified atom stereocenters. The summed E-state index contributed by atoms with van der Waals surface area (Å²) in [6.45, 7) is 1.78. The molecule has 3 rings (SSSR count). The maximum atomic E-state index is 12.6. The molecule has 24 heavy (non-hydrogen) atoms. The Labute approximate surface area is 143 Å². The third-order valence-corrected chi connectivity index (χ3v) is 4.12. The van der Waals surface area contributed by atoms with Crippen LogP contribution in [0.2, 0.25) is 5.02 Å². The topological polar surface area (TPSA) is 72.2 Å². The van der Waals surface area contributed by atoms with Crippen LogP contribution in [-0.2, 0) is 0 Å². The van der Waals surface area contributed by atoms with Crippen LogP contribution in [0.15, 0.2) is 54.6 Å². The van der Waals surface area contributed by atoms with E-state index in [0.717, 1.165) is 16.3 Å². The highest BCUT2D eigenvalue weighted by atomic mass is 35.5. The summed E-state index contributed by atoms with van der Waals surface area (Å²) >= 11 is 6.17. The number of carbonyl (C=O) groups is 1. The number of nitrogens with zero attached hydrogens (tertiary/aromatic N) is 1. The molecule has 0 atom stereocenters. The number of aryl methyl sites for hydroxylation is 1. The van der Waals surface area contributed by atoms with Gasteiger partial charge in [-0.15, -0.1) is 0 Å². The van der Waals surface area contributed by atoms with Crippen molar-refractivity contribution in [1.29, 1.82) is 0 Å². The molecular weight excluding hydrogens is 328 g/mol. The number of anilines is 1. The second-order valence-corrected chi connectivity index (χ2v) is 5.76. The molecule has 1 amide bonds. The number of fused-ring (bicyclic) bond motifs is 1. The summed E-state index contributed by atoms with van der Waals surface area (Å²) in [7, 11) is 0. The molecule has 6 heteroatoms.